The Kier molecular flexibility index (Phi) is 8.17. The largest absolute Gasteiger partial charge is 0.456 e. The van der Waals surface area contributed by atoms with Crippen molar-refractivity contribution in [2.45, 2.75) is 0 Å². The van der Waals surface area contributed by atoms with Gasteiger partial charge in [0.1, 0.15) is 22.3 Å². The Morgan fingerprint density at radius 3 is 1.62 bits per heavy atom. The zero-order chi connectivity index (χ0) is 40.3. The van der Waals surface area contributed by atoms with Gasteiger partial charge in [-0.15, -0.1) is 0 Å². The van der Waals surface area contributed by atoms with Crippen LogP contribution in [0, 0.1) is 0 Å². The maximum atomic E-state index is 6.43. The van der Waals surface area contributed by atoms with Gasteiger partial charge in [-0.3, -0.25) is 0 Å². The summed E-state index contributed by atoms with van der Waals surface area (Å²) in [5.41, 5.74) is 16.0. The Morgan fingerprint density at radius 2 is 0.820 bits per heavy atom. The van der Waals surface area contributed by atoms with Crippen molar-refractivity contribution >= 4 is 71.7 Å². The normalized spacial score (nSPS) is 11.6. The van der Waals surface area contributed by atoms with E-state index in [1.54, 1.807) is 0 Å². The molecular weight excluding hydrogens is 743 g/mol. The van der Waals surface area contributed by atoms with Crippen LogP contribution in [0.15, 0.2) is 233 Å². The Morgan fingerprint density at radius 1 is 0.262 bits per heavy atom. The van der Waals surface area contributed by atoms with Crippen LogP contribution in [0.2, 0.25) is 0 Å². The van der Waals surface area contributed by atoms with Crippen LogP contribution in [0.25, 0.3) is 99.2 Å². The second-order valence-electron chi connectivity index (χ2n) is 15.7. The Hall–Kier alpha value is -8.14. The molecule has 3 nitrogen and oxygen atoms in total. The van der Waals surface area contributed by atoms with E-state index in [0.29, 0.717) is 0 Å². The molecule has 0 bridgehead atoms. The molecule has 0 N–H and O–H groups in total. The molecule has 12 aromatic rings. The number of hydrogen-bond acceptors (Lipinski definition) is 3. The van der Waals surface area contributed by atoms with E-state index in [2.05, 4.69) is 217 Å². The molecule has 0 unspecified atom stereocenters. The summed E-state index contributed by atoms with van der Waals surface area (Å²) < 4.78 is 12.7. The van der Waals surface area contributed by atoms with E-state index >= 15 is 0 Å². The number of benzene rings is 10. The van der Waals surface area contributed by atoms with Crippen molar-refractivity contribution in [2.24, 2.45) is 0 Å². The molecule has 12 rings (SSSR count). The SMILES string of the molecule is c1ccc(-c2ccc(-c3ccc(N(c4ccc5oc6ccccc6c5c4)c4ccccc4-c4ccc5oc6cc7ccccc7cc6c5c4)cc3)cc2-c2ccccc2)cc1. The molecule has 0 aliphatic carbocycles. The number of anilines is 3. The lowest BCUT2D eigenvalue weighted by molar-refractivity contribution is 0.669. The monoisotopic (exact) mass is 779 g/mol. The summed E-state index contributed by atoms with van der Waals surface area (Å²) >= 11 is 0. The van der Waals surface area contributed by atoms with Gasteiger partial charge in [-0.2, -0.15) is 0 Å². The van der Waals surface area contributed by atoms with Gasteiger partial charge in [0.05, 0.1) is 5.69 Å². The maximum Gasteiger partial charge on any atom is 0.136 e. The van der Waals surface area contributed by atoms with Gasteiger partial charge < -0.3 is 13.7 Å². The predicted octanol–water partition coefficient (Wildman–Crippen LogP) is 16.8. The van der Waals surface area contributed by atoms with E-state index in [1.807, 2.05) is 12.1 Å². The van der Waals surface area contributed by atoms with E-state index in [-0.39, 0.29) is 0 Å². The first-order valence-corrected chi connectivity index (χ1v) is 20.7. The minimum Gasteiger partial charge on any atom is -0.456 e. The fraction of sp³-hybridized carbons (Fsp3) is 0. The number of furan rings is 2. The lowest BCUT2D eigenvalue weighted by atomic mass is 9.91. The summed E-state index contributed by atoms with van der Waals surface area (Å²) in [4.78, 5) is 2.37. The third kappa shape index (κ3) is 6.06. The Bertz CT molecular complexity index is 3580. The third-order valence-electron chi connectivity index (χ3n) is 12.1. The third-order valence-corrected chi connectivity index (χ3v) is 12.1. The zero-order valence-electron chi connectivity index (χ0n) is 33.1. The van der Waals surface area contributed by atoms with E-state index in [4.69, 9.17) is 8.83 Å². The quantitative estimate of drug-likeness (QED) is 0.161. The first kappa shape index (κ1) is 34.9. The van der Waals surface area contributed by atoms with E-state index < -0.39 is 0 Å². The van der Waals surface area contributed by atoms with Crippen molar-refractivity contribution in [3.63, 3.8) is 0 Å². The molecule has 0 saturated heterocycles. The number of para-hydroxylation sites is 2. The molecule has 0 atom stereocenters. The second-order valence-corrected chi connectivity index (χ2v) is 15.7. The van der Waals surface area contributed by atoms with Crippen LogP contribution in [-0.2, 0) is 0 Å². The van der Waals surface area contributed by atoms with Crippen LogP contribution < -0.4 is 4.90 Å². The van der Waals surface area contributed by atoms with E-state index in [1.165, 1.54) is 33.0 Å². The summed E-state index contributed by atoms with van der Waals surface area (Å²) in [6.45, 7) is 0. The van der Waals surface area contributed by atoms with Crippen molar-refractivity contribution in [1.82, 2.24) is 0 Å². The van der Waals surface area contributed by atoms with Gasteiger partial charge in [-0.1, -0.05) is 152 Å². The fourth-order valence-corrected chi connectivity index (χ4v) is 9.08. The molecule has 2 aromatic heterocycles. The van der Waals surface area contributed by atoms with Crippen LogP contribution in [0.5, 0.6) is 0 Å². The average molecular weight is 780 g/mol. The van der Waals surface area contributed by atoms with Crippen molar-refractivity contribution in [3.8, 4) is 44.5 Å². The molecular formula is C58H37NO2. The van der Waals surface area contributed by atoms with Gasteiger partial charge in [-0.25, -0.2) is 0 Å². The van der Waals surface area contributed by atoms with Crippen molar-refractivity contribution in [2.75, 3.05) is 4.90 Å². The molecule has 0 saturated carbocycles. The minimum atomic E-state index is 0.867. The number of fused-ring (bicyclic) bond motifs is 7. The van der Waals surface area contributed by atoms with Crippen LogP contribution >= 0.6 is 0 Å². The Labute approximate surface area is 353 Å². The number of nitrogens with zero attached hydrogens (tertiary/aromatic N) is 1. The molecule has 0 amide bonds. The van der Waals surface area contributed by atoms with Crippen molar-refractivity contribution in [3.05, 3.63) is 224 Å². The molecule has 3 heteroatoms. The summed E-state index contributed by atoms with van der Waals surface area (Å²) in [6.07, 6.45) is 0. The van der Waals surface area contributed by atoms with Crippen molar-refractivity contribution < 1.29 is 8.83 Å². The lowest BCUT2D eigenvalue weighted by Gasteiger charge is -2.28. The number of hydrogen-bond donors (Lipinski definition) is 0. The lowest BCUT2D eigenvalue weighted by Crippen LogP contribution is -2.11. The highest BCUT2D eigenvalue weighted by molar-refractivity contribution is 6.12. The molecule has 61 heavy (non-hydrogen) atoms. The first-order chi connectivity index (χ1) is 30.2. The van der Waals surface area contributed by atoms with Crippen LogP contribution in [0.1, 0.15) is 0 Å². The summed E-state index contributed by atoms with van der Waals surface area (Å²) in [7, 11) is 0. The predicted molar refractivity (Wildman–Crippen MR) is 255 cm³/mol. The topological polar surface area (TPSA) is 29.5 Å². The highest BCUT2D eigenvalue weighted by Gasteiger charge is 2.20. The van der Waals surface area contributed by atoms with Gasteiger partial charge in [0.15, 0.2) is 0 Å². The van der Waals surface area contributed by atoms with Gasteiger partial charge in [-0.05, 0) is 123 Å². The summed E-state index contributed by atoms with van der Waals surface area (Å²) in [6, 6.07) is 80.1. The minimum absolute atomic E-state index is 0.867. The van der Waals surface area contributed by atoms with Gasteiger partial charge in [0.25, 0.3) is 0 Å². The highest BCUT2D eigenvalue weighted by atomic mass is 16.3. The number of rotatable bonds is 7. The van der Waals surface area contributed by atoms with Gasteiger partial charge in [0.2, 0.25) is 0 Å². The average Bonchev–Trinajstić information content (AvgIpc) is 3.88. The molecule has 286 valence electrons. The van der Waals surface area contributed by atoms with E-state index in [0.717, 1.165) is 83.2 Å². The van der Waals surface area contributed by atoms with Gasteiger partial charge in [0, 0.05) is 38.5 Å². The van der Waals surface area contributed by atoms with Crippen LogP contribution in [-0.4, -0.2) is 0 Å². The second kappa shape index (κ2) is 14.3. The molecule has 0 radical (unpaired) electrons. The zero-order valence-corrected chi connectivity index (χ0v) is 33.1. The molecule has 0 aliphatic rings. The van der Waals surface area contributed by atoms with Gasteiger partial charge >= 0.3 is 0 Å². The standard InChI is InChI=1S/C58H37NO2/c1-3-13-39(14-4-1)47-30-25-43(33-50(47)40-15-5-2-6-16-40)38-23-27-45(28-24-38)59(46-29-32-57-53(37-46)49-20-10-12-22-55(49)60-57)54-21-11-9-19-48(54)44-26-31-56-51(35-44)52-34-41-17-7-8-18-42(41)36-58(52)61-56/h1-37H. The summed E-state index contributed by atoms with van der Waals surface area (Å²) in [5, 5.41) is 6.76. The molecule has 0 spiro atoms. The maximum absolute atomic E-state index is 6.43. The molecule has 0 fully saturated rings. The van der Waals surface area contributed by atoms with Crippen LogP contribution in [0.4, 0.5) is 17.1 Å². The fourth-order valence-electron chi connectivity index (χ4n) is 9.08. The molecule has 2 heterocycles. The smallest absolute Gasteiger partial charge is 0.136 e. The highest BCUT2D eigenvalue weighted by Crippen LogP contribution is 2.45. The first-order valence-electron chi connectivity index (χ1n) is 20.7. The molecule has 10 aromatic carbocycles. The Balaban J connectivity index is 1.01. The van der Waals surface area contributed by atoms with E-state index in [9.17, 15) is 0 Å². The van der Waals surface area contributed by atoms with Crippen molar-refractivity contribution in [1.29, 1.82) is 0 Å². The van der Waals surface area contributed by atoms with Crippen LogP contribution in [0.3, 0.4) is 0 Å². The molecule has 0 aliphatic heterocycles. The summed E-state index contributed by atoms with van der Waals surface area (Å²) in [5.74, 6) is 0.